The zero-order valence-corrected chi connectivity index (χ0v) is 17.2. The largest absolute Gasteiger partial charge is 0.478 e. The van der Waals surface area contributed by atoms with E-state index in [-0.39, 0.29) is 18.7 Å². The molecule has 0 bridgehead atoms. The van der Waals surface area contributed by atoms with Crippen LogP contribution in [0.3, 0.4) is 0 Å². The lowest BCUT2D eigenvalue weighted by molar-refractivity contribution is 0.0522. The van der Waals surface area contributed by atoms with Crippen LogP contribution in [0.25, 0.3) is 0 Å². The second-order valence-corrected chi connectivity index (χ2v) is 7.60. The number of rotatable bonds is 7. The van der Waals surface area contributed by atoms with E-state index in [1.165, 1.54) is 12.1 Å². The zero-order valence-electron chi connectivity index (χ0n) is 17.2. The van der Waals surface area contributed by atoms with Crippen molar-refractivity contribution in [1.82, 2.24) is 10.6 Å². The number of hydrogen-bond acceptors (Lipinski definition) is 5. The van der Waals surface area contributed by atoms with E-state index in [0.717, 1.165) is 16.7 Å². The van der Waals surface area contributed by atoms with Gasteiger partial charge in [-0.15, -0.1) is 0 Å². The van der Waals surface area contributed by atoms with Gasteiger partial charge in [-0.1, -0.05) is 36.4 Å². The molecule has 2 rings (SSSR count). The van der Waals surface area contributed by atoms with Crippen LogP contribution in [-0.2, 0) is 29.2 Å². The third-order valence-electron chi connectivity index (χ3n) is 3.87. The van der Waals surface area contributed by atoms with E-state index in [1.54, 1.807) is 32.9 Å². The Morgan fingerprint density at radius 2 is 1.27 bits per heavy atom. The molecule has 2 aromatic rings. The Bertz CT molecular complexity index is 870. The monoisotopic (exact) mass is 414 g/mol. The smallest absolute Gasteiger partial charge is 0.407 e. The van der Waals surface area contributed by atoms with Gasteiger partial charge < -0.3 is 25.2 Å². The number of ether oxygens (including phenoxy) is 2. The Kier molecular flexibility index (Phi) is 7.80. The normalized spacial score (nSPS) is 10.8. The van der Waals surface area contributed by atoms with Crippen LogP contribution in [0.15, 0.2) is 48.5 Å². The highest BCUT2D eigenvalue weighted by Gasteiger charge is 2.15. The first-order valence-electron chi connectivity index (χ1n) is 9.40. The van der Waals surface area contributed by atoms with Gasteiger partial charge in [0.25, 0.3) is 0 Å². The highest BCUT2D eigenvalue weighted by Crippen LogP contribution is 2.09. The molecule has 8 heteroatoms. The number of aromatic carboxylic acids is 1. The second kappa shape index (κ2) is 10.3. The van der Waals surface area contributed by atoms with Crippen LogP contribution >= 0.6 is 0 Å². The van der Waals surface area contributed by atoms with Gasteiger partial charge in [0.2, 0.25) is 0 Å². The van der Waals surface area contributed by atoms with Crippen molar-refractivity contribution in [3.8, 4) is 0 Å². The number of hydrogen-bond donors (Lipinski definition) is 3. The van der Waals surface area contributed by atoms with Gasteiger partial charge in [0.05, 0.1) is 5.56 Å². The van der Waals surface area contributed by atoms with E-state index < -0.39 is 23.8 Å². The molecule has 0 aliphatic heterocycles. The summed E-state index contributed by atoms with van der Waals surface area (Å²) in [6.07, 6.45) is -1.06. The molecule has 0 atom stereocenters. The fourth-order valence-electron chi connectivity index (χ4n) is 2.38. The predicted molar refractivity (Wildman–Crippen MR) is 110 cm³/mol. The molecule has 0 spiro atoms. The maximum Gasteiger partial charge on any atom is 0.407 e. The lowest BCUT2D eigenvalue weighted by atomic mass is 10.1. The molecule has 0 saturated heterocycles. The van der Waals surface area contributed by atoms with Crippen molar-refractivity contribution < 1.29 is 29.0 Å². The molecule has 2 aromatic carbocycles. The molecule has 0 unspecified atom stereocenters. The van der Waals surface area contributed by atoms with Gasteiger partial charge in [-0.25, -0.2) is 14.4 Å². The van der Waals surface area contributed by atoms with Crippen molar-refractivity contribution in [2.75, 3.05) is 0 Å². The molecule has 0 aromatic heterocycles. The zero-order chi connectivity index (χ0) is 22.1. The van der Waals surface area contributed by atoms with Gasteiger partial charge in [-0.3, -0.25) is 0 Å². The van der Waals surface area contributed by atoms with Crippen LogP contribution in [0.2, 0.25) is 0 Å². The third-order valence-corrected chi connectivity index (χ3v) is 3.87. The molecule has 8 nitrogen and oxygen atoms in total. The number of carbonyl (C=O) groups is 3. The average molecular weight is 414 g/mol. The number of carboxylic acid groups (broad SMARTS) is 1. The van der Waals surface area contributed by atoms with Gasteiger partial charge in [-0.05, 0) is 49.6 Å². The Morgan fingerprint density at radius 1 is 0.800 bits per heavy atom. The quantitative estimate of drug-likeness (QED) is 0.634. The van der Waals surface area contributed by atoms with Crippen LogP contribution in [0.5, 0.6) is 0 Å². The highest BCUT2D eigenvalue weighted by molar-refractivity contribution is 5.87. The van der Waals surface area contributed by atoms with Crippen molar-refractivity contribution in [2.24, 2.45) is 0 Å². The molecule has 160 valence electrons. The van der Waals surface area contributed by atoms with Crippen molar-refractivity contribution in [3.05, 3.63) is 70.8 Å². The van der Waals surface area contributed by atoms with E-state index in [2.05, 4.69) is 10.6 Å². The predicted octanol–water partition coefficient (Wildman–Crippen LogP) is 3.84. The molecule has 2 amide bonds. The van der Waals surface area contributed by atoms with Crippen LogP contribution < -0.4 is 10.6 Å². The first-order chi connectivity index (χ1) is 14.1. The molecule has 0 saturated carbocycles. The number of carboxylic acids is 1. The highest BCUT2D eigenvalue weighted by atomic mass is 16.6. The molecule has 0 fully saturated rings. The molecule has 0 aliphatic rings. The minimum absolute atomic E-state index is 0.101. The molecular formula is C22H26N2O6. The summed E-state index contributed by atoms with van der Waals surface area (Å²) in [7, 11) is 0. The van der Waals surface area contributed by atoms with E-state index in [0.29, 0.717) is 6.54 Å². The average Bonchev–Trinajstić information content (AvgIpc) is 2.69. The molecule has 3 N–H and O–H groups in total. The Morgan fingerprint density at radius 3 is 1.77 bits per heavy atom. The maximum absolute atomic E-state index is 11.8. The number of alkyl carbamates (subject to hydrolysis) is 2. The van der Waals surface area contributed by atoms with Gasteiger partial charge in [-0.2, -0.15) is 0 Å². The molecule has 0 radical (unpaired) electrons. The van der Waals surface area contributed by atoms with Crippen LogP contribution in [0.1, 0.15) is 47.8 Å². The first kappa shape index (κ1) is 22.7. The lowest BCUT2D eigenvalue weighted by Crippen LogP contribution is -2.32. The Labute approximate surface area is 175 Å². The summed E-state index contributed by atoms with van der Waals surface area (Å²) < 4.78 is 10.3. The second-order valence-electron chi connectivity index (χ2n) is 7.60. The number of amides is 2. The van der Waals surface area contributed by atoms with E-state index in [4.69, 9.17) is 14.6 Å². The van der Waals surface area contributed by atoms with E-state index in [1.807, 2.05) is 24.3 Å². The van der Waals surface area contributed by atoms with Gasteiger partial charge in [0.15, 0.2) is 0 Å². The minimum atomic E-state index is -0.999. The minimum Gasteiger partial charge on any atom is -0.478 e. The lowest BCUT2D eigenvalue weighted by Gasteiger charge is -2.19. The Hall–Kier alpha value is -3.55. The van der Waals surface area contributed by atoms with Crippen molar-refractivity contribution in [3.63, 3.8) is 0 Å². The van der Waals surface area contributed by atoms with Crippen LogP contribution in [0, 0.1) is 0 Å². The number of carbonyl (C=O) groups excluding carboxylic acids is 2. The SMILES string of the molecule is CC(C)(C)OC(=O)NCc1ccc(COC(=O)NCc2ccc(C(=O)O)cc2)cc1. The topological polar surface area (TPSA) is 114 Å². The first-order valence-corrected chi connectivity index (χ1v) is 9.40. The van der Waals surface area contributed by atoms with Gasteiger partial charge in [0, 0.05) is 13.1 Å². The van der Waals surface area contributed by atoms with Crippen LogP contribution in [0.4, 0.5) is 9.59 Å². The summed E-state index contributed by atoms with van der Waals surface area (Å²) in [5.41, 5.74) is 2.09. The van der Waals surface area contributed by atoms with Crippen molar-refractivity contribution in [2.45, 2.75) is 46.1 Å². The van der Waals surface area contributed by atoms with Crippen LogP contribution in [-0.4, -0.2) is 28.9 Å². The van der Waals surface area contributed by atoms with E-state index in [9.17, 15) is 14.4 Å². The van der Waals surface area contributed by atoms with Crippen molar-refractivity contribution >= 4 is 18.2 Å². The molecule has 0 aliphatic carbocycles. The number of benzene rings is 2. The summed E-state index contributed by atoms with van der Waals surface area (Å²) >= 11 is 0. The van der Waals surface area contributed by atoms with E-state index >= 15 is 0 Å². The summed E-state index contributed by atoms with van der Waals surface area (Å²) in [5, 5.41) is 14.2. The summed E-state index contributed by atoms with van der Waals surface area (Å²) in [4.78, 5) is 34.3. The Balaban J connectivity index is 1.72. The maximum atomic E-state index is 11.8. The summed E-state index contributed by atoms with van der Waals surface area (Å²) in [6, 6.07) is 13.5. The van der Waals surface area contributed by atoms with Gasteiger partial charge >= 0.3 is 18.2 Å². The molecule has 30 heavy (non-hydrogen) atoms. The van der Waals surface area contributed by atoms with Gasteiger partial charge in [0.1, 0.15) is 12.2 Å². The van der Waals surface area contributed by atoms with Crippen molar-refractivity contribution in [1.29, 1.82) is 0 Å². The third kappa shape index (κ3) is 8.22. The standard InChI is InChI=1S/C22H26N2O6/c1-22(2,3)30-21(28)24-13-15-4-6-17(7-5-15)14-29-20(27)23-12-16-8-10-18(11-9-16)19(25)26/h4-11H,12-14H2,1-3H3,(H,23,27)(H,24,28)(H,25,26). The fourth-order valence-corrected chi connectivity index (χ4v) is 2.38. The molecule has 0 heterocycles. The summed E-state index contributed by atoms with van der Waals surface area (Å²) in [5.74, 6) is -0.999. The molecular weight excluding hydrogens is 388 g/mol. The fraction of sp³-hybridized carbons (Fsp3) is 0.318. The summed E-state index contributed by atoms with van der Waals surface area (Å²) in [6.45, 7) is 6.06. The number of nitrogens with one attached hydrogen (secondary N) is 2.